The van der Waals surface area contributed by atoms with Crippen LogP contribution in [0.25, 0.3) is 0 Å². The highest BCUT2D eigenvalue weighted by atomic mass is 35.5. The molecule has 0 saturated carbocycles. The molecule has 7 nitrogen and oxygen atoms in total. The Morgan fingerprint density at radius 3 is 2.69 bits per heavy atom. The van der Waals surface area contributed by atoms with E-state index in [9.17, 15) is 23.1 Å². The minimum atomic E-state index is -3.14. The molecule has 1 aromatic carbocycles. The zero-order valence-electron chi connectivity index (χ0n) is 13.6. The molecular weight excluding hydrogens is 400 g/mol. The summed E-state index contributed by atoms with van der Waals surface area (Å²) in [6.45, 7) is 0.329. The maximum atomic E-state index is 12.0. The standard InChI is InChI=1S/C16H17ClN2O5S2/c17-11-4-2-1-3-10(11)7-19-12-8-26(23,24)9-13(12)25-16(19)18-14(20)5-6-15(21)22/h1-4,12-13H,5-9H2,(H,21,22)/p-1/t12-,13-/m0/s1. The first-order chi connectivity index (χ1) is 12.2. The van der Waals surface area contributed by atoms with E-state index in [1.807, 2.05) is 12.1 Å². The van der Waals surface area contributed by atoms with E-state index in [2.05, 4.69) is 4.99 Å². The molecule has 2 fully saturated rings. The van der Waals surface area contributed by atoms with Crippen LogP contribution in [0.15, 0.2) is 29.3 Å². The molecule has 1 aromatic rings. The fourth-order valence-electron chi connectivity index (χ4n) is 3.00. The van der Waals surface area contributed by atoms with Crippen LogP contribution in [-0.2, 0) is 26.0 Å². The zero-order chi connectivity index (χ0) is 18.9. The first-order valence-electron chi connectivity index (χ1n) is 7.93. The summed E-state index contributed by atoms with van der Waals surface area (Å²) in [4.78, 5) is 28.3. The van der Waals surface area contributed by atoms with Gasteiger partial charge in [-0.25, -0.2) is 8.42 Å². The Bertz CT molecular complexity index is 871. The summed E-state index contributed by atoms with van der Waals surface area (Å²) < 4.78 is 23.9. The normalized spacial score (nSPS) is 25.4. The maximum absolute atomic E-state index is 12.0. The molecule has 0 N–H and O–H groups in total. The number of carboxylic acids is 1. The van der Waals surface area contributed by atoms with Crippen molar-refractivity contribution in [1.29, 1.82) is 0 Å². The summed E-state index contributed by atoms with van der Waals surface area (Å²) in [6.07, 6.45) is -0.647. The number of benzene rings is 1. The van der Waals surface area contributed by atoms with Gasteiger partial charge in [0, 0.05) is 29.2 Å². The zero-order valence-corrected chi connectivity index (χ0v) is 16.0. The van der Waals surface area contributed by atoms with Crippen LogP contribution in [0.2, 0.25) is 5.02 Å². The van der Waals surface area contributed by atoms with Crippen LogP contribution in [0.4, 0.5) is 0 Å². The van der Waals surface area contributed by atoms with Gasteiger partial charge in [0.05, 0.1) is 17.5 Å². The summed E-state index contributed by atoms with van der Waals surface area (Å²) >= 11 is 7.46. The molecule has 2 aliphatic heterocycles. The number of amides is 1. The minimum absolute atomic E-state index is 0.00136. The number of aliphatic carboxylic acids is 1. The van der Waals surface area contributed by atoms with Crippen molar-refractivity contribution in [3.63, 3.8) is 0 Å². The predicted molar refractivity (Wildman–Crippen MR) is 97.5 cm³/mol. The summed E-state index contributed by atoms with van der Waals surface area (Å²) in [5, 5.41) is 11.3. The summed E-state index contributed by atoms with van der Waals surface area (Å²) in [5.74, 6) is -1.84. The molecule has 26 heavy (non-hydrogen) atoms. The molecule has 0 radical (unpaired) electrons. The number of fused-ring (bicyclic) bond motifs is 1. The third kappa shape index (κ3) is 4.39. The minimum Gasteiger partial charge on any atom is -0.550 e. The second-order valence-corrected chi connectivity index (χ2v) is 9.95. The number of sulfone groups is 1. The van der Waals surface area contributed by atoms with Crippen LogP contribution >= 0.6 is 23.4 Å². The second-order valence-electron chi connectivity index (χ2n) is 6.18. The van der Waals surface area contributed by atoms with E-state index in [-0.39, 0.29) is 29.2 Å². The molecule has 10 heteroatoms. The molecule has 2 saturated heterocycles. The summed E-state index contributed by atoms with van der Waals surface area (Å²) in [7, 11) is -3.14. The molecule has 1 amide bonds. The van der Waals surface area contributed by atoms with Gasteiger partial charge in [-0.1, -0.05) is 41.6 Å². The van der Waals surface area contributed by atoms with E-state index in [4.69, 9.17) is 11.6 Å². The number of hydrogen-bond acceptors (Lipinski definition) is 6. The van der Waals surface area contributed by atoms with Crippen LogP contribution in [0, 0.1) is 0 Å². The van der Waals surface area contributed by atoms with Gasteiger partial charge in [0.25, 0.3) is 0 Å². The SMILES string of the molecule is O=C([O-])CCC(=O)N=C1S[C@H]2CS(=O)(=O)C[C@@H]2N1Cc1ccccc1Cl. The monoisotopic (exact) mass is 415 g/mol. The molecule has 140 valence electrons. The number of carbonyl (C=O) groups excluding carboxylic acids is 2. The number of nitrogens with zero attached hydrogens (tertiary/aromatic N) is 2. The van der Waals surface area contributed by atoms with Crippen molar-refractivity contribution in [1.82, 2.24) is 4.90 Å². The predicted octanol–water partition coefficient (Wildman–Crippen LogP) is 0.467. The van der Waals surface area contributed by atoms with Gasteiger partial charge in [0.2, 0.25) is 5.91 Å². The van der Waals surface area contributed by atoms with E-state index >= 15 is 0 Å². The average molecular weight is 416 g/mol. The van der Waals surface area contributed by atoms with Crippen molar-refractivity contribution in [3.8, 4) is 0 Å². The van der Waals surface area contributed by atoms with Crippen molar-refractivity contribution < 1.29 is 23.1 Å². The number of amidine groups is 1. The van der Waals surface area contributed by atoms with E-state index in [0.717, 1.165) is 5.56 Å². The number of hydrogen-bond donors (Lipinski definition) is 0. The molecule has 0 bridgehead atoms. The van der Waals surface area contributed by atoms with Crippen molar-refractivity contribution in [2.75, 3.05) is 11.5 Å². The molecule has 2 atom stereocenters. The Morgan fingerprint density at radius 2 is 2.00 bits per heavy atom. The molecule has 3 rings (SSSR count). The highest BCUT2D eigenvalue weighted by Gasteiger charge is 2.48. The molecule has 2 heterocycles. The molecule has 0 spiro atoms. The van der Waals surface area contributed by atoms with Crippen molar-refractivity contribution in [3.05, 3.63) is 34.9 Å². The van der Waals surface area contributed by atoms with Crippen molar-refractivity contribution in [2.24, 2.45) is 4.99 Å². The van der Waals surface area contributed by atoms with Crippen LogP contribution in [0.5, 0.6) is 0 Å². The lowest BCUT2D eigenvalue weighted by molar-refractivity contribution is -0.305. The van der Waals surface area contributed by atoms with Crippen LogP contribution in [0.3, 0.4) is 0 Å². The summed E-state index contributed by atoms with van der Waals surface area (Å²) in [5.41, 5.74) is 0.801. The Balaban J connectivity index is 1.85. The Labute approximate surface area is 160 Å². The quantitative estimate of drug-likeness (QED) is 0.687. The first-order valence-corrected chi connectivity index (χ1v) is 11.0. The van der Waals surface area contributed by atoms with Gasteiger partial charge < -0.3 is 14.8 Å². The van der Waals surface area contributed by atoms with Gasteiger partial charge in [-0.15, -0.1) is 0 Å². The molecule has 2 aliphatic rings. The van der Waals surface area contributed by atoms with Crippen molar-refractivity contribution in [2.45, 2.75) is 30.7 Å². The smallest absolute Gasteiger partial charge is 0.248 e. The van der Waals surface area contributed by atoms with E-state index < -0.39 is 28.1 Å². The first kappa shape index (κ1) is 19.2. The average Bonchev–Trinajstić information content (AvgIpc) is 3.00. The number of thioether (sulfide) groups is 1. The van der Waals surface area contributed by atoms with Crippen molar-refractivity contribution >= 4 is 50.2 Å². The van der Waals surface area contributed by atoms with E-state index in [1.54, 1.807) is 17.0 Å². The lowest BCUT2D eigenvalue weighted by atomic mass is 10.1. The number of carbonyl (C=O) groups is 2. The Hall–Kier alpha value is -1.58. The third-order valence-corrected chi connectivity index (χ3v) is 7.85. The van der Waals surface area contributed by atoms with E-state index in [0.29, 0.717) is 16.7 Å². The van der Waals surface area contributed by atoms with Gasteiger partial charge in [0.1, 0.15) is 0 Å². The van der Waals surface area contributed by atoms with E-state index in [1.165, 1.54) is 11.8 Å². The number of rotatable bonds is 5. The van der Waals surface area contributed by atoms with Crippen LogP contribution < -0.4 is 5.11 Å². The van der Waals surface area contributed by atoms with Gasteiger partial charge in [-0.05, 0) is 18.1 Å². The number of halogens is 1. The fraction of sp³-hybridized carbons (Fsp3) is 0.438. The summed E-state index contributed by atoms with van der Waals surface area (Å²) in [6, 6.07) is 6.92. The Morgan fingerprint density at radius 1 is 1.27 bits per heavy atom. The Kier molecular flexibility index (Phi) is 5.59. The van der Waals surface area contributed by atoms with Gasteiger partial charge >= 0.3 is 0 Å². The van der Waals surface area contributed by atoms with Gasteiger partial charge in [0.15, 0.2) is 15.0 Å². The van der Waals surface area contributed by atoms with Gasteiger partial charge in [-0.2, -0.15) is 4.99 Å². The molecule has 0 unspecified atom stereocenters. The molecule has 0 aromatic heterocycles. The molecular formula is C16H16ClN2O5S2-. The number of carboxylic acid groups (broad SMARTS) is 1. The lowest BCUT2D eigenvalue weighted by Crippen LogP contribution is -2.37. The fourth-order valence-corrected chi connectivity index (χ4v) is 7.17. The van der Waals surface area contributed by atoms with Crippen LogP contribution in [-0.4, -0.2) is 53.2 Å². The maximum Gasteiger partial charge on any atom is 0.248 e. The number of aliphatic imine (C=N–C) groups is 1. The second kappa shape index (κ2) is 7.58. The topological polar surface area (TPSA) is 107 Å². The van der Waals surface area contributed by atoms with Crippen LogP contribution in [0.1, 0.15) is 18.4 Å². The highest BCUT2D eigenvalue weighted by molar-refractivity contribution is 8.15. The third-order valence-electron chi connectivity index (χ3n) is 4.24. The lowest BCUT2D eigenvalue weighted by Gasteiger charge is -2.25. The molecule has 0 aliphatic carbocycles. The highest BCUT2D eigenvalue weighted by Crippen LogP contribution is 2.39. The largest absolute Gasteiger partial charge is 0.550 e. The van der Waals surface area contributed by atoms with Gasteiger partial charge in [-0.3, -0.25) is 4.79 Å².